The summed E-state index contributed by atoms with van der Waals surface area (Å²) < 4.78 is 0. The van der Waals surface area contributed by atoms with Crippen molar-refractivity contribution in [3.05, 3.63) is 28.2 Å². The highest BCUT2D eigenvalue weighted by Crippen LogP contribution is 2.31. The van der Waals surface area contributed by atoms with Gasteiger partial charge in [0.2, 0.25) is 0 Å². The van der Waals surface area contributed by atoms with Crippen LogP contribution in [0.1, 0.15) is 31.3 Å². The fraction of sp³-hybridized carbons (Fsp3) is 0.385. The molecule has 0 aliphatic carbocycles. The molecule has 0 aliphatic rings. The molecule has 2 aromatic rings. The standard InChI is InChI=1S/C13H16N2S2/c1-4-5-10-11(8-9(2)3)17-13(15-10)12-14-6-7-16-12/h4-7,9H,8H2,1-3H3/b5-4+. The molecule has 0 bridgehead atoms. The topological polar surface area (TPSA) is 25.8 Å². The molecule has 2 aromatic heterocycles. The lowest BCUT2D eigenvalue weighted by Crippen LogP contribution is -1.93. The van der Waals surface area contributed by atoms with Crippen LogP contribution in [0.5, 0.6) is 0 Å². The minimum absolute atomic E-state index is 0.656. The van der Waals surface area contributed by atoms with Crippen LogP contribution in [0.4, 0.5) is 0 Å². The van der Waals surface area contributed by atoms with Gasteiger partial charge in [0, 0.05) is 16.5 Å². The number of nitrogens with zero attached hydrogens (tertiary/aromatic N) is 2. The molecule has 17 heavy (non-hydrogen) atoms. The van der Waals surface area contributed by atoms with Gasteiger partial charge < -0.3 is 0 Å². The third-order valence-corrected chi connectivity index (χ3v) is 4.27. The number of allylic oxidation sites excluding steroid dienone is 1. The smallest absolute Gasteiger partial charge is 0.153 e. The van der Waals surface area contributed by atoms with Crippen molar-refractivity contribution in [2.45, 2.75) is 27.2 Å². The predicted octanol–water partition coefficient (Wildman–Crippen LogP) is 4.50. The maximum absolute atomic E-state index is 4.68. The van der Waals surface area contributed by atoms with E-state index < -0.39 is 0 Å². The lowest BCUT2D eigenvalue weighted by Gasteiger charge is -2.01. The highest BCUT2D eigenvalue weighted by molar-refractivity contribution is 7.20. The summed E-state index contributed by atoms with van der Waals surface area (Å²) in [5, 5.41) is 4.06. The average molecular weight is 264 g/mol. The van der Waals surface area contributed by atoms with Gasteiger partial charge in [-0.3, -0.25) is 0 Å². The van der Waals surface area contributed by atoms with Gasteiger partial charge in [0.25, 0.3) is 0 Å². The first-order valence-electron chi connectivity index (χ1n) is 5.73. The monoisotopic (exact) mass is 264 g/mol. The van der Waals surface area contributed by atoms with Crippen molar-refractivity contribution in [1.29, 1.82) is 0 Å². The van der Waals surface area contributed by atoms with Crippen LogP contribution >= 0.6 is 22.7 Å². The Hall–Kier alpha value is -1.00. The van der Waals surface area contributed by atoms with E-state index in [9.17, 15) is 0 Å². The van der Waals surface area contributed by atoms with Crippen molar-refractivity contribution >= 4 is 28.7 Å². The van der Waals surface area contributed by atoms with Crippen LogP contribution < -0.4 is 0 Å². The van der Waals surface area contributed by atoms with Gasteiger partial charge in [-0.15, -0.1) is 22.7 Å². The normalized spacial score (nSPS) is 11.8. The molecule has 0 aromatic carbocycles. The molecule has 0 amide bonds. The van der Waals surface area contributed by atoms with E-state index in [1.807, 2.05) is 24.6 Å². The molecular formula is C13H16N2S2. The Morgan fingerprint density at radius 3 is 2.76 bits per heavy atom. The van der Waals surface area contributed by atoms with E-state index in [0.717, 1.165) is 22.1 Å². The molecule has 0 saturated heterocycles. The molecule has 90 valence electrons. The van der Waals surface area contributed by atoms with Gasteiger partial charge in [0.1, 0.15) is 0 Å². The molecular weight excluding hydrogens is 248 g/mol. The summed E-state index contributed by atoms with van der Waals surface area (Å²) >= 11 is 3.42. The number of thiazole rings is 2. The molecule has 2 rings (SSSR count). The van der Waals surface area contributed by atoms with Crippen LogP contribution in [0, 0.1) is 5.92 Å². The summed E-state index contributed by atoms with van der Waals surface area (Å²) in [5.74, 6) is 0.656. The van der Waals surface area contributed by atoms with Crippen molar-refractivity contribution < 1.29 is 0 Å². The van der Waals surface area contributed by atoms with E-state index >= 15 is 0 Å². The lowest BCUT2D eigenvalue weighted by atomic mass is 10.1. The van der Waals surface area contributed by atoms with Crippen LogP contribution in [-0.4, -0.2) is 9.97 Å². The zero-order chi connectivity index (χ0) is 12.3. The van der Waals surface area contributed by atoms with Gasteiger partial charge in [0.05, 0.1) is 5.69 Å². The fourth-order valence-electron chi connectivity index (χ4n) is 1.59. The minimum Gasteiger partial charge on any atom is -0.242 e. The second kappa shape index (κ2) is 5.56. The Morgan fingerprint density at radius 2 is 2.18 bits per heavy atom. The maximum Gasteiger partial charge on any atom is 0.153 e. The van der Waals surface area contributed by atoms with Gasteiger partial charge in [-0.2, -0.15) is 0 Å². The van der Waals surface area contributed by atoms with Crippen LogP contribution in [0.3, 0.4) is 0 Å². The average Bonchev–Trinajstić information content (AvgIpc) is 2.87. The molecule has 2 heterocycles. The Bertz CT molecular complexity index is 495. The SMILES string of the molecule is C/C=C/c1nc(-c2nccs2)sc1CC(C)C. The second-order valence-corrected chi connectivity index (χ2v) is 6.24. The highest BCUT2D eigenvalue weighted by Gasteiger charge is 2.13. The van der Waals surface area contributed by atoms with Crippen molar-refractivity contribution in [2.24, 2.45) is 5.92 Å². The van der Waals surface area contributed by atoms with Crippen molar-refractivity contribution in [3.63, 3.8) is 0 Å². The van der Waals surface area contributed by atoms with Gasteiger partial charge in [-0.1, -0.05) is 19.9 Å². The van der Waals surface area contributed by atoms with E-state index in [0.29, 0.717) is 5.92 Å². The summed E-state index contributed by atoms with van der Waals surface area (Å²) in [6.45, 7) is 6.51. The number of rotatable bonds is 4. The molecule has 0 saturated carbocycles. The van der Waals surface area contributed by atoms with Crippen molar-refractivity contribution in [1.82, 2.24) is 9.97 Å². The van der Waals surface area contributed by atoms with Crippen molar-refractivity contribution in [2.75, 3.05) is 0 Å². The maximum atomic E-state index is 4.68. The molecule has 0 N–H and O–H groups in total. The van der Waals surface area contributed by atoms with E-state index in [1.54, 1.807) is 22.7 Å². The Labute approximate surface area is 110 Å². The van der Waals surface area contributed by atoms with Gasteiger partial charge in [0.15, 0.2) is 10.0 Å². The fourth-order valence-corrected chi connectivity index (χ4v) is 3.53. The van der Waals surface area contributed by atoms with Gasteiger partial charge >= 0.3 is 0 Å². The van der Waals surface area contributed by atoms with E-state index in [1.165, 1.54) is 4.88 Å². The van der Waals surface area contributed by atoms with Crippen LogP contribution in [0.2, 0.25) is 0 Å². The molecule has 0 aliphatic heterocycles. The van der Waals surface area contributed by atoms with Gasteiger partial charge in [-0.25, -0.2) is 9.97 Å². The molecule has 0 fully saturated rings. The zero-order valence-corrected chi connectivity index (χ0v) is 11.9. The van der Waals surface area contributed by atoms with Gasteiger partial charge in [-0.05, 0) is 25.3 Å². The van der Waals surface area contributed by atoms with E-state index in [-0.39, 0.29) is 0 Å². The summed E-state index contributed by atoms with van der Waals surface area (Å²) in [6.07, 6.45) is 7.05. The third kappa shape index (κ3) is 3.01. The zero-order valence-electron chi connectivity index (χ0n) is 10.3. The number of hydrogen-bond donors (Lipinski definition) is 0. The van der Waals surface area contributed by atoms with Crippen LogP contribution in [0.15, 0.2) is 17.7 Å². The molecule has 0 radical (unpaired) electrons. The summed E-state index contributed by atoms with van der Waals surface area (Å²) in [6, 6.07) is 0. The highest BCUT2D eigenvalue weighted by atomic mass is 32.1. The molecule has 2 nitrogen and oxygen atoms in total. The molecule has 0 atom stereocenters. The molecule has 0 unspecified atom stereocenters. The summed E-state index contributed by atoms with van der Waals surface area (Å²) in [7, 11) is 0. The molecule has 0 spiro atoms. The largest absolute Gasteiger partial charge is 0.242 e. The summed E-state index contributed by atoms with van der Waals surface area (Å²) in [5.41, 5.74) is 1.11. The first-order chi connectivity index (χ1) is 8.20. The van der Waals surface area contributed by atoms with E-state index in [2.05, 4.69) is 29.9 Å². The second-order valence-electron chi connectivity index (χ2n) is 4.26. The number of hydrogen-bond acceptors (Lipinski definition) is 4. The lowest BCUT2D eigenvalue weighted by molar-refractivity contribution is 0.652. The number of aromatic nitrogens is 2. The Morgan fingerprint density at radius 1 is 1.35 bits per heavy atom. The molecule has 4 heteroatoms. The van der Waals surface area contributed by atoms with Crippen molar-refractivity contribution in [3.8, 4) is 10.0 Å². The van der Waals surface area contributed by atoms with Crippen LogP contribution in [0.25, 0.3) is 16.1 Å². The summed E-state index contributed by atoms with van der Waals surface area (Å²) in [4.78, 5) is 10.4. The predicted molar refractivity (Wildman–Crippen MR) is 76.5 cm³/mol. The quantitative estimate of drug-likeness (QED) is 0.812. The third-order valence-electron chi connectivity index (χ3n) is 2.26. The minimum atomic E-state index is 0.656. The first kappa shape index (κ1) is 12.5. The first-order valence-corrected chi connectivity index (χ1v) is 7.42. The van der Waals surface area contributed by atoms with E-state index in [4.69, 9.17) is 0 Å². The van der Waals surface area contributed by atoms with Crippen LogP contribution in [-0.2, 0) is 6.42 Å². The Balaban J connectivity index is 2.37. The Kier molecular flexibility index (Phi) is 4.07.